The quantitative estimate of drug-likeness (QED) is 0.389. The van der Waals surface area contributed by atoms with Crippen molar-refractivity contribution in [2.45, 2.75) is 19.6 Å². The van der Waals surface area contributed by atoms with E-state index in [9.17, 15) is 36.2 Å². The van der Waals surface area contributed by atoms with Gasteiger partial charge in [0.1, 0.15) is 17.1 Å². The molecule has 134 valence electrons. The smallest absolute Gasteiger partial charge is 0.266 e. The number of benzene rings is 2. The first-order chi connectivity index (χ1) is 11.5. The van der Waals surface area contributed by atoms with E-state index in [-0.39, 0.29) is 4.90 Å². The molecule has 0 spiro atoms. The number of aliphatic hydroxyl groups is 1. The fourth-order valence-electron chi connectivity index (χ4n) is 2.19. The number of rotatable bonds is 3. The van der Waals surface area contributed by atoms with E-state index < -0.39 is 57.8 Å². The van der Waals surface area contributed by atoms with Crippen LogP contribution in [-0.4, -0.2) is 16.7 Å². The van der Waals surface area contributed by atoms with Gasteiger partial charge in [-0.2, -0.15) is 0 Å². The van der Waals surface area contributed by atoms with Crippen LogP contribution in [-0.2, 0) is 0 Å². The summed E-state index contributed by atoms with van der Waals surface area (Å²) >= 11 is 0. The molecule has 1 amide bonds. The summed E-state index contributed by atoms with van der Waals surface area (Å²) in [7, 11) is 0. The SMILES string of the molecule is CC(C)(O)N(C(=O)c1c(F)c(F)c(F)c(F)c1F)c1ccccc1F. The van der Waals surface area contributed by atoms with Crippen molar-refractivity contribution in [3.63, 3.8) is 0 Å². The van der Waals surface area contributed by atoms with Gasteiger partial charge < -0.3 is 5.11 Å². The Bertz CT molecular complexity index is 818. The Hall–Kier alpha value is -2.55. The lowest BCUT2D eigenvalue weighted by Crippen LogP contribution is -2.49. The van der Waals surface area contributed by atoms with Crippen LogP contribution in [0.4, 0.5) is 32.0 Å². The fraction of sp³-hybridized carbons (Fsp3) is 0.188. The number of halogens is 6. The highest BCUT2D eigenvalue weighted by atomic mass is 19.2. The number of hydrogen-bond acceptors (Lipinski definition) is 2. The molecule has 3 nitrogen and oxygen atoms in total. The molecular weight excluding hydrogens is 352 g/mol. The predicted molar refractivity (Wildman–Crippen MR) is 75.7 cm³/mol. The highest BCUT2D eigenvalue weighted by molar-refractivity contribution is 6.07. The van der Waals surface area contributed by atoms with Crippen molar-refractivity contribution in [3.8, 4) is 0 Å². The van der Waals surface area contributed by atoms with E-state index in [1.165, 1.54) is 12.1 Å². The van der Waals surface area contributed by atoms with Crippen LogP contribution < -0.4 is 4.90 Å². The first kappa shape index (κ1) is 18.8. The largest absolute Gasteiger partial charge is 0.371 e. The minimum Gasteiger partial charge on any atom is -0.371 e. The molecule has 0 aromatic heterocycles. The summed E-state index contributed by atoms with van der Waals surface area (Å²) in [5, 5.41) is 10.1. The van der Waals surface area contributed by atoms with Gasteiger partial charge in [-0.05, 0) is 26.0 Å². The molecule has 1 N–H and O–H groups in total. The lowest BCUT2D eigenvalue weighted by atomic mass is 10.1. The minimum atomic E-state index is -2.44. The zero-order valence-corrected chi connectivity index (χ0v) is 12.9. The standard InChI is InChI=1S/C16H11F6NO2/c1-16(2,25)23(8-6-4-3-5-7(8)17)15(24)9-10(18)12(20)14(22)13(21)11(9)19/h3-6,25H,1-2H3. The monoisotopic (exact) mass is 363 g/mol. The van der Waals surface area contributed by atoms with Gasteiger partial charge in [-0.25, -0.2) is 26.3 Å². The molecule has 0 aliphatic carbocycles. The highest BCUT2D eigenvalue weighted by Gasteiger charge is 2.38. The van der Waals surface area contributed by atoms with Crippen molar-refractivity contribution in [1.82, 2.24) is 0 Å². The van der Waals surface area contributed by atoms with E-state index >= 15 is 0 Å². The Kier molecular flexibility index (Phi) is 4.81. The third-order valence-corrected chi connectivity index (χ3v) is 3.27. The van der Waals surface area contributed by atoms with Gasteiger partial charge in [0.05, 0.1) is 5.69 Å². The molecule has 2 aromatic rings. The van der Waals surface area contributed by atoms with Crippen LogP contribution in [0.5, 0.6) is 0 Å². The summed E-state index contributed by atoms with van der Waals surface area (Å²) in [5.41, 5.74) is -4.63. The number of carbonyl (C=O) groups excluding carboxylic acids is 1. The number of carbonyl (C=O) groups is 1. The molecule has 25 heavy (non-hydrogen) atoms. The van der Waals surface area contributed by atoms with Gasteiger partial charge in [0.25, 0.3) is 5.91 Å². The van der Waals surface area contributed by atoms with Gasteiger partial charge in [-0.15, -0.1) is 0 Å². The van der Waals surface area contributed by atoms with Gasteiger partial charge in [-0.1, -0.05) is 12.1 Å². The van der Waals surface area contributed by atoms with Gasteiger partial charge in [0.15, 0.2) is 23.3 Å². The van der Waals surface area contributed by atoms with E-state index in [1.54, 1.807) is 0 Å². The number of para-hydroxylation sites is 1. The summed E-state index contributed by atoms with van der Waals surface area (Å²) < 4.78 is 81.5. The molecule has 2 aromatic carbocycles. The molecule has 0 aliphatic rings. The lowest BCUT2D eigenvalue weighted by molar-refractivity contribution is 0.0593. The van der Waals surface area contributed by atoms with Crippen LogP contribution in [0, 0.1) is 34.9 Å². The average molecular weight is 363 g/mol. The maximum absolute atomic E-state index is 14.0. The van der Waals surface area contributed by atoms with Crippen LogP contribution in [0.25, 0.3) is 0 Å². The molecule has 2 rings (SSSR count). The molecule has 0 unspecified atom stereocenters. The molecule has 0 bridgehead atoms. The Labute approximate surface area is 138 Å². The van der Waals surface area contributed by atoms with Crippen LogP contribution in [0.2, 0.25) is 0 Å². The second-order valence-electron chi connectivity index (χ2n) is 5.53. The van der Waals surface area contributed by atoms with E-state index in [2.05, 4.69) is 0 Å². The van der Waals surface area contributed by atoms with E-state index in [1.807, 2.05) is 0 Å². The maximum Gasteiger partial charge on any atom is 0.266 e. The van der Waals surface area contributed by atoms with E-state index in [0.717, 1.165) is 26.0 Å². The van der Waals surface area contributed by atoms with Crippen LogP contribution >= 0.6 is 0 Å². The third kappa shape index (κ3) is 3.19. The topological polar surface area (TPSA) is 40.5 Å². The third-order valence-electron chi connectivity index (χ3n) is 3.27. The number of nitrogens with zero attached hydrogens (tertiary/aromatic N) is 1. The molecule has 0 aliphatic heterocycles. The Morgan fingerprint density at radius 2 is 1.32 bits per heavy atom. The van der Waals surface area contributed by atoms with Crippen LogP contribution in [0.1, 0.15) is 24.2 Å². The van der Waals surface area contributed by atoms with Crippen molar-refractivity contribution in [2.75, 3.05) is 4.90 Å². The molecule has 0 fully saturated rings. The van der Waals surface area contributed by atoms with Crippen LogP contribution in [0.15, 0.2) is 24.3 Å². The number of amides is 1. The second-order valence-corrected chi connectivity index (χ2v) is 5.53. The first-order valence-corrected chi connectivity index (χ1v) is 6.81. The van der Waals surface area contributed by atoms with Crippen molar-refractivity contribution in [1.29, 1.82) is 0 Å². The second kappa shape index (κ2) is 6.40. The summed E-state index contributed by atoms with van der Waals surface area (Å²) in [6.45, 7) is 1.95. The van der Waals surface area contributed by atoms with Crippen molar-refractivity contribution in [2.24, 2.45) is 0 Å². The number of anilines is 1. The van der Waals surface area contributed by atoms with E-state index in [0.29, 0.717) is 0 Å². The van der Waals surface area contributed by atoms with Crippen LogP contribution in [0.3, 0.4) is 0 Å². The minimum absolute atomic E-state index is 0.195. The molecule has 0 radical (unpaired) electrons. The first-order valence-electron chi connectivity index (χ1n) is 6.81. The van der Waals surface area contributed by atoms with Gasteiger partial charge in [-0.3, -0.25) is 9.69 Å². The Morgan fingerprint density at radius 1 is 0.880 bits per heavy atom. The average Bonchev–Trinajstić information content (AvgIpc) is 2.52. The Balaban J connectivity index is 2.74. The zero-order valence-electron chi connectivity index (χ0n) is 12.9. The lowest BCUT2D eigenvalue weighted by Gasteiger charge is -2.34. The molecule has 0 saturated heterocycles. The molecule has 9 heteroatoms. The normalized spacial score (nSPS) is 11.6. The molecule has 0 heterocycles. The number of hydrogen-bond donors (Lipinski definition) is 1. The zero-order chi connectivity index (χ0) is 19.1. The Morgan fingerprint density at radius 3 is 1.76 bits per heavy atom. The summed E-state index contributed by atoms with van der Waals surface area (Å²) in [5.74, 6) is -14.7. The summed E-state index contributed by atoms with van der Waals surface area (Å²) in [6, 6.07) is 4.38. The fourth-order valence-corrected chi connectivity index (χ4v) is 2.19. The van der Waals surface area contributed by atoms with Gasteiger partial charge >= 0.3 is 0 Å². The van der Waals surface area contributed by atoms with Crippen molar-refractivity contribution < 1.29 is 36.2 Å². The maximum atomic E-state index is 14.0. The molecule has 0 saturated carbocycles. The summed E-state index contributed by atoms with van der Waals surface area (Å²) in [4.78, 5) is 12.7. The summed E-state index contributed by atoms with van der Waals surface area (Å²) in [6.07, 6.45) is 0. The van der Waals surface area contributed by atoms with E-state index in [4.69, 9.17) is 0 Å². The highest BCUT2D eigenvalue weighted by Crippen LogP contribution is 2.31. The van der Waals surface area contributed by atoms with Gasteiger partial charge in [0.2, 0.25) is 5.82 Å². The van der Waals surface area contributed by atoms with Crippen molar-refractivity contribution in [3.05, 3.63) is 64.7 Å². The predicted octanol–water partition coefficient (Wildman–Crippen LogP) is 3.90. The van der Waals surface area contributed by atoms with Gasteiger partial charge in [0, 0.05) is 0 Å². The molecular formula is C16H11F6NO2. The van der Waals surface area contributed by atoms with Crippen molar-refractivity contribution >= 4 is 11.6 Å². The molecule has 0 atom stereocenters.